The number of hydrogen-bond acceptors (Lipinski definition) is 1. The van der Waals surface area contributed by atoms with Gasteiger partial charge in [-0.15, -0.1) is 0 Å². The number of aromatic nitrogens is 1. The third kappa shape index (κ3) is 3.63. The van der Waals surface area contributed by atoms with E-state index in [2.05, 4.69) is 176 Å². The smallest absolute Gasteiger partial charge is 0.0722 e. The summed E-state index contributed by atoms with van der Waals surface area (Å²) in [6.45, 7) is 0. The molecule has 0 radical (unpaired) electrons. The molecule has 8 aromatic carbocycles. The van der Waals surface area contributed by atoms with Crippen molar-refractivity contribution in [3.05, 3.63) is 198 Å². The van der Waals surface area contributed by atoms with Crippen LogP contribution in [0.25, 0.3) is 65.6 Å². The first kappa shape index (κ1) is 26.2. The van der Waals surface area contributed by atoms with Gasteiger partial charge in [0.2, 0.25) is 0 Å². The van der Waals surface area contributed by atoms with Gasteiger partial charge >= 0.3 is 0 Å². The zero-order valence-electron chi connectivity index (χ0n) is 25.7. The van der Waals surface area contributed by atoms with Gasteiger partial charge in [0.15, 0.2) is 0 Å². The van der Waals surface area contributed by atoms with E-state index in [0.717, 1.165) is 11.0 Å². The molecule has 10 rings (SSSR count). The molecule has 1 aliphatic rings. The summed E-state index contributed by atoms with van der Waals surface area (Å²) in [6, 6.07) is 64.6. The fraction of sp³-hybridized carbons (Fsp3) is 0.0217. The molecule has 0 bridgehead atoms. The molecule has 9 aromatic rings. The first-order valence-electron chi connectivity index (χ1n) is 16.3. The molecule has 0 atom stereocenters. The summed E-state index contributed by atoms with van der Waals surface area (Å²) in [5.41, 5.74) is 11.8. The summed E-state index contributed by atoms with van der Waals surface area (Å²) >= 11 is 0. The van der Waals surface area contributed by atoms with Crippen molar-refractivity contribution in [2.24, 2.45) is 0 Å². The lowest BCUT2D eigenvalue weighted by Gasteiger charge is -2.34. The van der Waals surface area contributed by atoms with Crippen molar-refractivity contribution in [2.75, 3.05) is 0 Å². The minimum atomic E-state index is -0.465. The van der Waals surface area contributed by atoms with Gasteiger partial charge < -0.3 is 0 Å². The summed E-state index contributed by atoms with van der Waals surface area (Å²) in [5, 5.41) is 7.29. The molecule has 0 amide bonds. The van der Waals surface area contributed by atoms with E-state index in [-0.39, 0.29) is 0 Å². The maximum absolute atomic E-state index is 5.28. The van der Waals surface area contributed by atoms with Gasteiger partial charge in [-0.25, -0.2) is 4.98 Å². The molecule has 1 aliphatic carbocycles. The van der Waals surface area contributed by atoms with Crippen LogP contribution in [0.5, 0.6) is 0 Å². The summed E-state index contributed by atoms with van der Waals surface area (Å²) in [4.78, 5) is 5.28. The SMILES string of the molecule is c1ccc(C2(c3cccc(-c4c5c(ccc6ccccc65)nc5ccc6ccccc6c45)c3)c3ccccc3-c3ccccc32)cc1. The highest BCUT2D eigenvalue weighted by atomic mass is 14.7. The number of rotatable bonds is 3. The second-order valence-corrected chi connectivity index (χ2v) is 12.6. The van der Waals surface area contributed by atoms with Crippen LogP contribution in [0.3, 0.4) is 0 Å². The van der Waals surface area contributed by atoms with Crippen molar-refractivity contribution in [3.63, 3.8) is 0 Å². The average molecular weight is 596 g/mol. The summed E-state index contributed by atoms with van der Waals surface area (Å²) in [7, 11) is 0. The Morgan fingerprint density at radius 1 is 0.383 bits per heavy atom. The highest BCUT2D eigenvalue weighted by molar-refractivity contribution is 6.25. The first-order chi connectivity index (χ1) is 23.3. The van der Waals surface area contributed by atoms with E-state index in [1.807, 2.05) is 0 Å². The van der Waals surface area contributed by atoms with Gasteiger partial charge in [0, 0.05) is 16.3 Å². The van der Waals surface area contributed by atoms with Crippen LogP contribution >= 0.6 is 0 Å². The molecule has 0 N–H and O–H groups in total. The number of hydrogen-bond donors (Lipinski definition) is 0. The van der Waals surface area contributed by atoms with Crippen LogP contribution in [0.2, 0.25) is 0 Å². The van der Waals surface area contributed by atoms with Gasteiger partial charge in [0.25, 0.3) is 0 Å². The van der Waals surface area contributed by atoms with Gasteiger partial charge in [-0.05, 0) is 78.7 Å². The minimum Gasteiger partial charge on any atom is -0.248 e. The molecule has 1 heteroatoms. The molecule has 0 saturated carbocycles. The Morgan fingerprint density at radius 3 is 1.51 bits per heavy atom. The second kappa shape index (κ2) is 9.97. The van der Waals surface area contributed by atoms with Crippen molar-refractivity contribution < 1.29 is 0 Å². The Kier molecular flexibility index (Phi) is 5.56. The quantitative estimate of drug-likeness (QED) is 0.146. The number of fused-ring (bicyclic) bond motifs is 9. The largest absolute Gasteiger partial charge is 0.248 e. The normalized spacial score (nSPS) is 13.3. The first-order valence-corrected chi connectivity index (χ1v) is 16.3. The highest BCUT2D eigenvalue weighted by Crippen LogP contribution is 2.56. The van der Waals surface area contributed by atoms with Crippen LogP contribution in [0.1, 0.15) is 22.3 Å². The maximum Gasteiger partial charge on any atom is 0.0722 e. The zero-order chi connectivity index (χ0) is 31.0. The monoisotopic (exact) mass is 595 g/mol. The zero-order valence-corrected chi connectivity index (χ0v) is 25.7. The van der Waals surface area contributed by atoms with E-state index in [9.17, 15) is 0 Å². The van der Waals surface area contributed by atoms with Crippen molar-refractivity contribution >= 4 is 43.4 Å². The van der Waals surface area contributed by atoms with Crippen LogP contribution in [-0.4, -0.2) is 4.98 Å². The Bertz CT molecular complexity index is 2550. The van der Waals surface area contributed by atoms with Gasteiger partial charge in [-0.2, -0.15) is 0 Å². The number of pyridine rings is 1. The minimum absolute atomic E-state index is 0.465. The molecule has 47 heavy (non-hydrogen) atoms. The van der Waals surface area contributed by atoms with Crippen LogP contribution in [0, 0.1) is 0 Å². The van der Waals surface area contributed by atoms with E-state index in [4.69, 9.17) is 4.98 Å². The topological polar surface area (TPSA) is 12.9 Å². The highest BCUT2D eigenvalue weighted by Gasteiger charge is 2.45. The van der Waals surface area contributed by atoms with Crippen LogP contribution < -0.4 is 0 Å². The number of benzene rings is 8. The Balaban J connectivity index is 1.38. The summed E-state index contributed by atoms with van der Waals surface area (Å²) in [5.74, 6) is 0. The molecule has 1 heterocycles. The van der Waals surface area contributed by atoms with E-state index in [1.54, 1.807) is 0 Å². The molecule has 0 spiro atoms. The third-order valence-electron chi connectivity index (χ3n) is 10.3. The van der Waals surface area contributed by atoms with Gasteiger partial charge in [0.05, 0.1) is 16.4 Å². The number of nitrogens with zero attached hydrogens (tertiary/aromatic N) is 1. The van der Waals surface area contributed by atoms with Crippen molar-refractivity contribution in [2.45, 2.75) is 5.41 Å². The molecule has 1 nitrogen and oxygen atoms in total. The maximum atomic E-state index is 5.28. The van der Waals surface area contributed by atoms with Gasteiger partial charge in [-0.3, -0.25) is 0 Å². The molecule has 0 fully saturated rings. The Morgan fingerprint density at radius 2 is 0.894 bits per heavy atom. The molecule has 0 aliphatic heterocycles. The molecular weight excluding hydrogens is 567 g/mol. The van der Waals surface area contributed by atoms with E-state index in [1.165, 1.54) is 76.8 Å². The molecule has 0 unspecified atom stereocenters. The van der Waals surface area contributed by atoms with Crippen molar-refractivity contribution in [1.29, 1.82) is 0 Å². The Labute approximate surface area is 273 Å². The van der Waals surface area contributed by atoms with Crippen LogP contribution in [0.15, 0.2) is 176 Å². The fourth-order valence-electron chi connectivity index (χ4n) is 8.40. The Hall–Kier alpha value is -6.05. The lowest BCUT2D eigenvalue weighted by molar-refractivity contribution is 0.769. The average Bonchev–Trinajstić information content (AvgIpc) is 3.45. The lowest BCUT2D eigenvalue weighted by atomic mass is 9.67. The molecule has 218 valence electrons. The van der Waals surface area contributed by atoms with E-state index in [0.29, 0.717) is 0 Å². The summed E-state index contributed by atoms with van der Waals surface area (Å²) < 4.78 is 0. The lowest BCUT2D eigenvalue weighted by Crippen LogP contribution is -2.28. The fourth-order valence-corrected chi connectivity index (χ4v) is 8.40. The van der Waals surface area contributed by atoms with E-state index >= 15 is 0 Å². The van der Waals surface area contributed by atoms with Crippen LogP contribution in [-0.2, 0) is 5.41 Å². The van der Waals surface area contributed by atoms with Crippen molar-refractivity contribution in [1.82, 2.24) is 4.98 Å². The van der Waals surface area contributed by atoms with Gasteiger partial charge in [0.1, 0.15) is 0 Å². The predicted octanol–water partition coefficient (Wildman–Crippen LogP) is 11.7. The molecule has 1 aromatic heterocycles. The summed E-state index contributed by atoms with van der Waals surface area (Å²) in [6.07, 6.45) is 0. The predicted molar refractivity (Wildman–Crippen MR) is 197 cm³/mol. The molecule has 0 saturated heterocycles. The molecular formula is C46H29N. The van der Waals surface area contributed by atoms with Crippen molar-refractivity contribution in [3.8, 4) is 22.3 Å². The second-order valence-electron chi connectivity index (χ2n) is 12.6. The standard InChI is InChI=1S/C46H29N/c1-2-16-33(17-3-1)46(39-23-10-8-21-37(39)38-22-9-11-24-40(38)46)34-18-12-15-32(29-34)43-44-35-19-6-4-13-30(35)25-27-41(44)47-42-28-26-31-14-5-7-20-36(31)45(42)43/h1-29H. The van der Waals surface area contributed by atoms with Gasteiger partial charge in [-0.1, -0.05) is 158 Å². The van der Waals surface area contributed by atoms with Crippen LogP contribution in [0.4, 0.5) is 0 Å². The van der Waals surface area contributed by atoms with E-state index < -0.39 is 5.41 Å². The third-order valence-corrected chi connectivity index (χ3v) is 10.3.